The van der Waals surface area contributed by atoms with Gasteiger partial charge in [-0.05, 0) is 43.5 Å². The molecule has 0 bridgehead atoms. The molecule has 4 rings (SSSR count). The van der Waals surface area contributed by atoms with Crippen molar-refractivity contribution in [3.05, 3.63) is 39.2 Å². The number of fused-ring (bicyclic) bond motifs is 2. The van der Waals surface area contributed by atoms with Crippen molar-refractivity contribution in [3.8, 4) is 0 Å². The van der Waals surface area contributed by atoms with Gasteiger partial charge >= 0.3 is 5.97 Å². The van der Waals surface area contributed by atoms with E-state index in [4.69, 9.17) is 4.74 Å². The highest BCUT2D eigenvalue weighted by Crippen LogP contribution is 2.45. The summed E-state index contributed by atoms with van der Waals surface area (Å²) in [6.45, 7) is 4.25. The average molecular weight is 345 g/mol. The number of nitrogens with zero attached hydrogens (tertiary/aromatic N) is 3. The highest BCUT2D eigenvalue weighted by atomic mass is 32.1. The van der Waals surface area contributed by atoms with Gasteiger partial charge in [0.2, 0.25) is 0 Å². The summed E-state index contributed by atoms with van der Waals surface area (Å²) in [6, 6.07) is 5.80. The molecule has 0 saturated carbocycles. The van der Waals surface area contributed by atoms with Crippen LogP contribution in [0.25, 0.3) is 0 Å². The molecule has 1 spiro atoms. The van der Waals surface area contributed by atoms with Crippen molar-refractivity contribution in [2.75, 3.05) is 24.6 Å². The lowest BCUT2D eigenvalue weighted by Crippen LogP contribution is -2.46. The molecule has 1 fully saturated rings. The predicted molar refractivity (Wildman–Crippen MR) is 90.8 cm³/mol. The van der Waals surface area contributed by atoms with Crippen LogP contribution in [0.2, 0.25) is 0 Å². The SMILES string of the molecule is Cc1ccc(N2CCC3(CC2)OCCc2sc(C(=O)O)cc23)nn1. The Morgan fingerprint density at radius 3 is 2.79 bits per heavy atom. The monoisotopic (exact) mass is 345 g/mol. The number of aromatic nitrogens is 2. The van der Waals surface area contributed by atoms with E-state index in [2.05, 4.69) is 15.1 Å². The predicted octanol–water partition coefficient (Wildman–Crippen LogP) is 2.61. The first kappa shape index (κ1) is 15.5. The van der Waals surface area contributed by atoms with Gasteiger partial charge < -0.3 is 14.7 Å². The molecule has 0 radical (unpaired) electrons. The van der Waals surface area contributed by atoms with E-state index in [9.17, 15) is 9.90 Å². The van der Waals surface area contributed by atoms with Crippen LogP contribution in [0, 0.1) is 6.92 Å². The Morgan fingerprint density at radius 1 is 1.33 bits per heavy atom. The summed E-state index contributed by atoms with van der Waals surface area (Å²) in [7, 11) is 0. The summed E-state index contributed by atoms with van der Waals surface area (Å²) in [5.74, 6) is 0.0416. The van der Waals surface area contributed by atoms with Crippen LogP contribution >= 0.6 is 11.3 Å². The van der Waals surface area contributed by atoms with Gasteiger partial charge in [-0.15, -0.1) is 16.4 Å². The number of aryl methyl sites for hydroxylation is 1. The number of carboxylic acids is 1. The molecule has 24 heavy (non-hydrogen) atoms. The van der Waals surface area contributed by atoms with E-state index in [1.807, 2.05) is 25.1 Å². The number of ether oxygens (including phenoxy) is 1. The first-order chi connectivity index (χ1) is 11.6. The van der Waals surface area contributed by atoms with Crippen molar-refractivity contribution in [3.63, 3.8) is 0 Å². The lowest BCUT2D eigenvalue weighted by atomic mass is 9.82. The molecular weight excluding hydrogens is 326 g/mol. The second-order valence-corrected chi connectivity index (χ2v) is 7.50. The number of anilines is 1. The summed E-state index contributed by atoms with van der Waals surface area (Å²) >= 11 is 1.39. The molecule has 1 saturated heterocycles. The normalized spacial score (nSPS) is 19.3. The number of hydrogen-bond donors (Lipinski definition) is 1. The minimum atomic E-state index is -0.850. The molecule has 0 amide bonds. The lowest BCUT2D eigenvalue weighted by Gasteiger charge is -2.44. The number of hydrogen-bond acceptors (Lipinski definition) is 6. The molecule has 2 aliphatic heterocycles. The summed E-state index contributed by atoms with van der Waals surface area (Å²) in [4.78, 5) is 15.1. The van der Waals surface area contributed by atoms with Crippen molar-refractivity contribution < 1.29 is 14.6 Å². The van der Waals surface area contributed by atoms with Gasteiger partial charge in [0.05, 0.1) is 17.9 Å². The standard InChI is InChI=1S/C17H19N3O3S/c1-11-2-3-15(19-18-11)20-7-5-17(6-8-20)12-10-14(16(21)22)24-13(12)4-9-23-17/h2-3,10H,4-9H2,1H3,(H,21,22). The molecule has 2 aliphatic rings. The fraction of sp³-hybridized carbons (Fsp3) is 0.471. The summed E-state index contributed by atoms with van der Waals surface area (Å²) < 4.78 is 6.18. The third-order valence-corrected chi connectivity index (χ3v) is 6.08. The zero-order valence-electron chi connectivity index (χ0n) is 13.5. The van der Waals surface area contributed by atoms with E-state index in [1.54, 1.807) is 0 Å². The van der Waals surface area contributed by atoms with Crippen molar-refractivity contribution in [1.82, 2.24) is 10.2 Å². The topological polar surface area (TPSA) is 75.5 Å². The van der Waals surface area contributed by atoms with Crippen molar-refractivity contribution in [1.29, 1.82) is 0 Å². The number of carboxylic acid groups (broad SMARTS) is 1. The van der Waals surface area contributed by atoms with E-state index >= 15 is 0 Å². The van der Waals surface area contributed by atoms with E-state index < -0.39 is 5.97 Å². The third-order valence-electron chi connectivity index (χ3n) is 4.90. The van der Waals surface area contributed by atoms with Gasteiger partial charge in [-0.3, -0.25) is 0 Å². The number of carbonyl (C=O) groups is 1. The van der Waals surface area contributed by atoms with Crippen LogP contribution in [0.3, 0.4) is 0 Å². The maximum absolute atomic E-state index is 11.3. The molecule has 4 heterocycles. The van der Waals surface area contributed by atoms with Crippen LogP contribution in [0.15, 0.2) is 18.2 Å². The Labute approximate surface area is 144 Å². The van der Waals surface area contributed by atoms with Crippen LogP contribution in [-0.4, -0.2) is 41.0 Å². The van der Waals surface area contributed by atoms with Gasteiger partial charge in [0.1, 0.15) is 4.88 Å². The van der Waals surface area contributed by atoms with Crippen LogP contribution in [0.4, 0.5) is 5.82 Å². The first-order valence-electron chi connectivity index (χ1n) is 8.13. The van der Waals surface area contributed by atoms with E-state index in [-0.39, 0.29) is 5.60 Å². The fourth-order valence-corrected chi connectivity index (χ4v) is 4.66. The maximum atomic E-state index is 11.3. The number of piperidine rings is 1. The lowest BCUT2D eigenvalue weighted by molar-refractivity contribution is -0.0757. The van der Waals surface area contributed by atoms with Crippen molar-refractivity contribution >= 4 is 23.1 Å². The van der Waals surface area contributed by atoms with Gasteiger partial charge in [-0.1, -0.05) is 0 Å². The zero-order valence-corrected chi connectivity index (χ0v) is 14.3. The number of rotatable bonds is 2. The largest absolute Gasteiger partial charge is 0.477 e. The van der Waals surface area contributed by atoms with Crippen LogP contribution in [0.1, 0.15) is 38.6 Å². The molecule has 126 valence electrons. The Kier molecular flexibility index (Phi) is 3.77. The van der Waals surface area contributed by atoms with Crippen molar-refractivity contribution in [2.45, 2.75) is 31.8 Å². The zero-order chi connectivity index (χ0) is 16.7. The minimum Gasteiger partial charge on any atom is -0.477 e. The quantitative estimate of drug-likeness (QED) is 0.902. The second-order valence-electron chi connectivity index (χ2n) is 6.37. The average Bonchev–Trinajstić information content (AvgIpc) is 3.03. The van der Waals surface area contributed by atoms with E-state index in [0.29, 0.717) is 11.5 Å². The highest BCUT2D eigenvalue weighted by Gasteiger charge is 2.42. The highest BCUT2D eigenvalue weighted by molar-refractivity contribution is 7.14. The van der Waals surface area contributed by atoms with Gasteiger partial charge in [0.15, 0.2) is 5.82 Å². The van der Waals surface area contributed by atoms with E-state index in [1.165, 1.54) is 16.2 Å². The van der Waals surface area contributed by atoms with Crippen LogP contribution < -0.4 is 4.90 Å². The number of thiophene rings is 1. The van der Waals surface area contributed by atoms with Crippen molar-refractivity contribution in [2.24, 2.45) is 0 Å². The molecule has 2 aromatic rings. The molecule has 2 aromatic heterocycles. The van der Waals surface area contributed by atoms with Gasteiger partial charge in [0, 0.05) is 24.4 Å². The Hall–Kier alpha value is -1.99. The summed E-state index contributed by atoms with van der Waals surface area (Å²) in [6.07, 6.45) is 2.48. The Balaban J connectivity index is 1.57. The van der Waals surface area contributed by atoms with Gasteiger partial charge in [0.25, 0.3) is 0 Å². The molecular formula is C17H19N3O3S. The molecule has 0 atom stereocenters. The molecule has 1 N–H and O–H groups in total. The fourth-order valence-electron chi connectivity index (χ4n) is 3.59. The molecule has 0 aliphatic carbocycles. The summed E-state index contributed by atoms with van der Waals surface area (Å²) in [5, 5.41) is 17.7. The molecule has 0 unspecified atom stereocenters. The van der Waals surface area contributed by atoms with Gasteiger partial charge in [-0.2, -0.15) is 5.10 Å². The Bertz CT molecular complexity index is 764. The van der Waals surface area contributed by atoms with Crippen LogP contribution in [0.5, 0.6) is 0 Å². The smallest absolute Gasteiger partial charge is 0.345 e. The molecule has 6 nitrogen and oxygen atoms in total. The third kappa shape index (κ3) is 2.57. The number of aromatic carboxylic acids is 1. The summed E-state index contributed by atoms with van der Waals surface area (Å²) in [5.41, 5.74) is 1.66. The minimum absolute atomic E-state index is 0.341. The molecule has 0 aromatic carbocycles. The molecule has 7 heteroatoms. The first-order valence-corrected chi connectivity index (χ1v) is 8.95. The van der Waals surface area contributed by atoms with Crippen LogP contribution in [-0.2, 0) is 16.8 Å². The van der Waals surface area contributed by atoms with Gasteiger partial charge in [-0.25, -0.2) is 4.79 Å². The second kappa shape index (κ2) is 5.82. The maximum Gasteiger partial charge on any atom is 0.345 e. The Morgan fingerprint density at radius 2 is 2.12 bits per heavy atom. The van der Waals surface area contributed by atoms with E-state index in [0.717, 1.165) is 49.4 Å².